The molecule has 18 heavy (non-hydrogen) atoms. The van der Waals surface area contributed by atoms with Gasteiger partial charge in [-0.25, -0.2) is 8.78 Å². The fraction of sp³-hybridized carbons (Fsp3) is 0.818. The van der Waals surface area contributed by atoms with Crippen molar-refractivity contribution in [3.8, 4) is 0 Å². The van der Waals surface area contributed by atoms with Gasteiger partial charge in [-0.05, 0) is 12.8 Å². The highest BCUT2D eigenvalue weighted by Gasteiger charge is 2.41. The third-order valence-electron chi connectivity index (χ3n) is 2.80. The first kappa shape index (κ1) is 16.6. The van der Waals surface area contributed by atoms with E-state index in [9.17, 15) is 13.6 Å². The van der Waals surface area contributed by atoms with Gasteiger partial charge in [0, 0.05) is 0 Å². The zero-order valence-corrected chi connectivity index (χ0v) is 10.7. The molecule has 7 heteroatoms. The number of hydrogen-bond acceptors (Lipinski definition) is 3. The Kier molecular flexibility index (Phi) is 7.23. The number of amidine groups is 1. The Morgan fingerprint density at radius 3 is 2.22 bits per heavy atom. The van der Waals surface area contributed by atoms with E-state index in [1.165, 1.54) is 0 Å². The average molecular weight is 265 g/mol. The summed E-state index contributed by atoms with van der Waals surface area (Å²) in [4.78, 5) is 12.0. The fourth-order valence-corrected chi connectivity index (χ4v) is 2.01. The largest absolute Gasteiger partial charge is 0.409 e. The Labute approximate surface area is 105 Å². The van der Waals surface area contributed by atoms with E-state index in [1.54, 1.807) is 0 Å². The van der Waals surface area contributed by atoms with Crippen molar-refractivity contribution >= 4 is 11.7 Å². The van der Waals surface area contributed by atoms with Crippen molar-refractivity contribution in [3.05, 3.63) is 0 Å². The first-order chi connectivity index (χ1) is 8.44. The summed E-state index contributed by atoms with van der Waals surface area (Å²) in [6.45, 7) is 2.96. The van der Waals surface area contributed by atoms with Gasteiger partial charge in [0.05, 0.1) is 6.54 Å². The lowest BCUT2D eigenvalue weighted by Gasteiger charge is -2.30. The summed E-state index contributed by atoms with van der Waals surface area (Å²) in [6, 6.07) is 0. The summed E-state index contributed by atoms with van der Waals surface area (Å²) in [5.74, 6) is -0.834. The molecule has 1 amide bonds. The Hall–Kier alpha value is -1.40. The number of rotatable bonds is 8. The van der Waals surface area contributed by atoms with E-state index in [4.69, 9.17) is 10.9 Å². The van der Waals surface area contributed by atoms with Gasteiger partial charge in [-0.15, -0.1) is 0 Å². The van der Waals surface area contributed by atoms with Crippen LogP contribution in [0.3, 0.4) is 0 Å². The smallest absolute Gasteiger partial charge is 0.255 e. The van der Waals surface area contributed by atoms with E-state index in [-0.39, 0.29) is 5.84 Å². The van der Waals surface area contributed by atoms with Crippen molar-refractivity contribution in [2.45, 2.75) is 46.0 Å². The average Bonchev–Trinajstić information content (AvgIpc) is 2.34. The topological polar surface area (TPSA) is 87.7 Å². The van der Waals surface area contributed by atoms with Crippen LogP contribution < -0.4 is 11.1 Å². The standard InChI is InChI=1S/C11H21F2N3O2/c1-3-5-11(6-4-2,9(14)16-18)10(17)15-7-8(12)13/h8,18H,3-7H2,1-2H3,(H2,14,16)(H,15,17). The summed E-state index contributed by atoms with van der Waals surface area (Å²) in [7, 11) is 0. The van der Waals surface area contributed by atoms with Gasteiger partial charge in [0.2, 0.25) is 5.91 Å². The number of halogens is 2. The molecule has 0 spiro atoms. The quantitative estimate of drug-likeness (QED) is 0.270. The predicted octanol–water partition coefficient (Wildman–Crippen LogP) is 1.70. The van der Waals surface area contributed by atoms with Crippen molar-refractivity contribution in [3.63, 3.8) is 0 Å². The van der Waals surface area contributed by atoms with Gasteiger partial charge in [0.15, 0.2) is 5.84 Å². The summed E-state index contributed by atoms with van der Waals surface area (Å²) in [5, 5.41) is 13.8. The molecule has 0 aromatic carbocycles. The molecule has 0 rings (SSSR count). The van der Waals surface area contributed by atoms with Crippen molar-refractivity contribution < 1.29 is 18.8 Å². The second-order valence-corrected chi connectivity index (χ2v) is 4.17. The molecule has 0 saturated heterocycles. The van der Waals surface area contributed by atoms with E-state index in [0.29, 0.717) is 25.7 Å². The minimum absolute atomic E-state index is 0.224. The summed E-state index contributed by atoms with van der Waals surface area (Å²) < 4.78 is 24.2. The minimum atomic E-state index is -2.62. The minimum Gasteiger partial charge on any atom is -0.409 e. The lowest BCUT2D eigenvalue weighted by molar-refractivity contribution is -0.129. The van der Waals surface area contributed by atoms with Crippen LogP contribution in [-0.4, -0.2) is 29.9 Å². The lowest BCUT2D eigenvalue weighted by atomic mass is 9.77. The van der Waals surface area contributed by atoms with Gasteiger partial charge in [-0.2, -0.15) is 0 Å². The van der Waals surface area contributed by atoms with Crippen molar-refractivity contribution in [2.75, 3.05) is 6.54 Å². The number of oxime groups is 1. The van der Waals surface area contributed by atoms with Crippen LogP contribution in [0.15, 0.2) is 5.16 Å². The van der Waals surface area contributed by atoms with E-state index in [2.05, 4.69) is 10.5 Å². The van der Waals surface area contributed by atoms with Crippen LogP contribution in [0.5, 0.6) is 0 Å². The summed E-state index contributed by atoms with van der Waals surface area (Å²) in [6.07, 6.45) is -0.670. The number of nitrogens with two attached hydrogens (primary N) is 1. The van der Waals surface area contributed by atoms with Crippen LogP contribution in [0, 0.1) is 5.41 Å². The van der Waals surface area contributed by atoms with Crippen LogP contribution in [0.4, 0.5) is 8.78 Å². The molecule has 0 aromatic heterocycles. The third-order valence-corrected chi connectivity index (χ3v) is 2.80. The van der Waals surface area contributed by atoms with Gasteiger partial charge >= 0.3 is 0 Å². The van der Waals surface area contributed by atoms with Gasteiger partial charge in [0.1, 0.15) is 5.41 Å². The molecule has 0 radical (unpaired) electrons. The molecule has 4 N–H and O–H groups in total. The summed E-state index contributed by atoms with van der Waals surface area (Å²) in [5.41, 5.74) is 4.38. The number of amides is 1. The molecule has 106 valence electrons. The molecule has 0 aromatic rings. The highest BCUT2D eigenvalue weighted by molar-refractivity contribution is 6.06. The molecule has 0 fully saturated rings. The molecule has 0 bridgehead atoms. The Morgan fingerprint density at radius 2 is 1.89 bits per heavy atom. The third kappa shape index (κ3) is 4.12. The van der Waals surface area contributed by atoms with E-state index >= 15 is 0 Å². The van der Waals surface area contributed by atoms with E-state index in [0.717, 1.165) is 0 Å². The molecule has 5 nitrogen and oxygen atoms in total. The fourth-order valence-electron chi connectivity index (χ4n) is 2.01. The molecular weight excluding hydrogens is 244 g/mol. The van der Waals surface area contributed by atoms with Crippen molar-refractivity contribution in [1.29, 1.82) is 0 Å². The zero-order valence-electron chi connectivity index (χ0n) is 10.7. The van der Waals surface area contributed by atoms with Gasteiger partial charge in [-0.1, -0.05) is 31.8 Å². The number of carbonyl (C=O) groups excluding carboxylic acids is 1. The van der Waals surface area contributed by atoms with Crippen LogP contribution in [-0.2, 0) is 4.79 Å². The molecule has 0 heterocycles. The summed E-state index contributed by atoms with van der Waals surface area (Å²) >= 11 is 0. The van der Waals surface area contributed by atoms with Crippen LogP contribution in [0.1, 0.15) is 39.5 Å². The Morgan fingerprint density at radius 1 is 1.39 bits per heavy atom. The molecule has 0 aliphatic heterocycles. The normalized spacial score (nSPS) is 12.8. The highest BCUT2D eigenvalue weighted by Crippen LogP contribution is 2.30. The Bertz CT molecular complexity index is 290. The van der Waals surface area contributed by atoms with Crippen molar-refractivity contribution in [2.24, 2.45) is 16.3 Å². The molecule has 0 saturated carbocycles. The molecule has 0 unspecified atom stereocenters. The molecule has 0 aliphatic carbocycles. The number of hydrogen-bond donors (Lipinski definition) is 3. The van der Waals surface area contributed by atoms with E-state index < -0.39 is 24.3 Å². The molecular formula is C11H21F2N3O2. The number of nitrogens with zero attached hydrogens (tertiary/aromatic N) is 1. The van der Waals surface area contributed by atoms with Crippen LogP contribution in [0.2, 0.25) is 0 Å². The van der Waals surface area contributed by atoms with Gasteiger partial charge in [0.25, 0.3) is 6.43 Å². The first-order valence-electron chi connectivity index (χ1n) is 5.99. The maximum atomic E-state index is 12.1. The monoisotopic (exact) mass is 265 g/mol. The van der Waals surface area contributed by atoms with Gasteiger partial charge < -0.3 is 16.3 Å². The highest BCUT2D eigenvalue weighted by atomic mass is 19.3. The molecule has 0 aliphatic rings. The lowest BCUT2D eigenvalue weighted by Crippen LogP contribution is -2.50. The van der Waals surface area contributed by atoms with E-state index in [1.807, 2.05) is 13.8 Å². The van der Waals surface area contributed by atoms with Crippen LogP contribution in [0.25, 0.3) is 0 Å². The zero-order chi connectivity index (χ0) is 14.2. The first-order valence-corrected chi connectivity index (χ1v) is 5.99. The Balaban J connectivity index is 5.08. The second kappa shape index (κ2) is 7.84. The predicted molar refractivity (Wildman–Crippen MR) is 64.7 cm³/mol. The van der Waals surface area contributed by atoms with Crippen LogP contribution >= 0.6 is 0 Å². The number of alkyl halides is 2. The number of nitrogens with one attached hydrogen (secondary N) is 1. The maximum absolute atomic E-state index is 12.1. The number of carbonyl (C=O) groups is 1. The SMILES string of the molecule is CCCC(CCC)(C(=O)NCC(F)F)C(N)=NO. The molecule has 0 atom stereocenters. The second-order valence-electron chi connectivity index (χ2n) is 4.17. The van der Waals surface area contributed by atoms with Gasteiger partial charge in [-0.3, -0.25) is 4.79 Å². The van der Waals surface area contributed by atoms with Crippen molar-refractivity contribution in [1.82, 2.24) is 5.32 Å². The maximum Gasteiger partial charge on any atom is 0.255 e.